The summed E-state index contributed by atoms with van der Waals surface area (Å²) in [6.07, 6.45) is 1.63. The summed E-state index contributed by atoms with van der Waals surface area (Å²) < 4.78 is 5.94. The van der Waals surface area contributed by atoms with Gasteiger partial charge in [0.05, 0.1) is 11.6 Å². The molecule has 24 heavy (non-hydrogen) atoms. The molecule has 1 fully saturated rings. The highest BCUT2D eigenvalue weighted by Crippen LogP contribution is 2.23. The van der Waals surface area contributed by atoms with E-state index in [1.54, 1.807) is 30.3 Å². The molecule has 1 saturated heterocycles. The average molecular weight is 341 g/mol. The van der Waals surface area contributed by atoms with Gasteiger partial charge in [0.15, 0.2) is 0 Å². The molecular formula is C19H17ClN2O2. The molecule has 1 aliphatic rings. The molecule has 4 nitrogen and oxygen atoms in total. The summed E-state index contributed by atoms with van der Waals surface area (Å²) in [4.78, 5) is 14.3. The Bertz CT molecular complexity index is 777. The van der Waals surface area contributed by atoms with Crippen molar-refractivity contribution in [3.63, 3.8) is 0 Å². The van der Waals surface area contributed by atoms with Gasteiger partial charge >= 0.3 is 0 Å². The molecule has 2 aromatic rings. The number of benzene rings is 2. The van der Waals surface area contributed by atoms with Crippen molar-refractivity contribution in [2.75, 3.05) is 13.1 Å². The molecule has 0 atom stereocenters. The third-order valence-electron chi connectivity index (χ3n) is 4.07. The third kappa shape index (κ3) is 3.87. The molecule has 122 valence electrons. The molecule has 0 aliphatic carbocycles. The minimum Gasteiger partial charge on any atom is -0.490 e. The SMILES string of the molecule is N#Cc1cccc(C(=O)N2CCC(Oc3cccc(Cl)c3)CC2)c1. The van der Waals surface area contributed by atoms with Gasteiger partial charge in [0.2, 0.25) is 0 Å². The number of nitriles is 1. The predicted molar refractivity (Wildman–Crippen MR) is 92.2 cm³/mol. The van der Waals surface area contributed by atoms with E-state index in [9.17, 15) is 4.79 Å². The van der Waals surface area contributed by atoms with E-state index < -0.39 is 0 Å². The number of carbonyl (C=O) groups excluding carboxylic acids is 1. The van der Waals surface area contributed by atoms with Gasteiger partial charge in [0.25, 0.3) is 5.91 Å². The zero-order valence-corrected chi connectivity index (χ0v) is 13.9. The van der Waals surface area contributed by atoms with Crippen LogP contribution in [0.2, 0.25) is 5.02 Å². The van der Waals surface area contributed by atoms with Gasteiger partial charge in [0.1, 0.15) is 11.9 Å². The van der Waals surface area contributed by atoms with Gasteiger partial charge in [-0.05, 0) is 36.4 Å². The van der Waals surface area contributed by atoms with Gasteiger partial charge in [-0.3, -0.25) is 4.79 Å². The summed E-state index contributed by atoms with van der Waals surface area (Å²) in [5.74, 6) is 0.724. The quantitative estimate of drug-likeness (QED) is 0.851. The number of likely N-dealkylation sites (tertiary alicyclic amines) is 1. The molecule has 5 heteroatoms. The predicted octanol–water partition coefficient (Wildman–Crippen LogP) is 3.90. The summed E-state index contributed by atoms with van der Waals surface area (Å²) in [6.45, 7) is 1.28. The van der Waals surface area contributed by atoms with Crippen LogP contribution in [0, 0.1) is 11.3 Å². The lowest BCUT2D eigenvalue weighted by Crippen LogP contribution is -2.41. The molecule has 1 amide bonds. The number of hydrogen-bond donors (Lipinski definition) is 0. The van der Waals surface area contributed by atoms with Crippen molar-refractivity contribution in [3.8, 4) is 11.8 Å². The van der Waals surface area contributed by atoms with E-state index in [-0.39, 0.29) is 12.0 Å². The van der Waals surface area contributed by atoms with Crippen molar-refractivity contribution < 1.29 is 9.53 Å². The Labute approximate surface area is 146 Å². The molecule has 0 saturated carbocycles. The minimum absolute atomic E-state index is 0.0340. The topological polar surface area (TPSA) is 53.3 Å². The van der Waals surface area contributed by atoms with Gasteiger partial charge in [-0.2, -0.15) is 5.26 Å². The minimum atomic E-state index is -0.0340. The van der Waals surface area contributed by atoms with Gasteiger partial charge in [-0.1, -0.05) is 23.7 Å². The summed E-state index contributed by atoms with van der Waals surface area (Å²) >= 11 is 5.96. The Hall–Kier alpha value is -2.51. The Kier molecular flexibility index (Phi) is 5.02. The number of hydrogen-bond acceptors (Lipinski definition) is 3. The summed E-state index contributed by atoms with van der Waals surface area (Å²) in [6, 6.07) is 16.2. The molecule has 0 aromatic heterocycles. The van der Waals surface area contributed by atoms with Gasteiger partial charge in [-0.15, -0.1) is 0 Å². The van der Waals surface area contributed by atoms with Gasteiger partial charge < -0.3 is 9.64 Å². The zero-order chi connectivity index (χ0) is 16.9. The Morgan fingerprint density at radius 2 is 1.92 bits per heavy atom. The number of rotatable bonds is 3. The lowest BCUT2D eigenvalue weighted by molar-refractivity contribution is 0.0595. The molecule has 0 radical (unpaired) electrons. The lowest BCUT2D eigenvalue weighted by Gasteiger charge is -2.32. The molecule has 1 heterocycles. The van der Waals surface area contributed by atoms with Crippen LogP contribution in [-0.4, -0.2) is 30.0 Å². The van der Waals surface area contributed by atoms with Crippen LogP contribution in [0.25, 0.3) is 0 Å². The second-order valence-electron chi connectivity index (χ2n) is 5.76. The fourth-order valence-electron chi connectivity index (χ4n) is 2.81. The van der Waals surface area contributed by atoms with Crippen molar-refractivity contribution in [2.45, 2.75) is 18.9 Å². The van der Waals surface area contributed by atoms with E-state index in [1.165, 1.54) is 0 Å². The van der Waals surface area contributed by atoms with Crippen LogP contribution in [0.15, 0.2) is 48.5 Å². The second kappa shape index (κ2) is 7.37. The largest absolute Gasteiger partial charge is 0.490 e. The molecule has 0 unspecified atom stereocenters. The highest BCUT2D eigenvalue weighted by Gasteiger charge is 2.24. The van der Waals surface area contributed by atoms with Crippen LogP contribution < -0.4 is 4.74 Å². The Morgan fingerprint density at radius 3 is 2.62 bits per heavy atom. The normalized spacial score (nSPS) is 14.9. The van der Waals surface area contributed by atoms with E-state index in [0.29, 0.717) is 29.2 Å². The van der Waals surface area contributed by atoms with Crippen LogP contribution in [-0.2, 0) is 0 Å². The van der Waals surface area contributed by atoms with Gasteiger partial charge in [-0.25, -0.2) is 0 Å². The lowest BCUT2D eigenvalue weighted by atomic mass is 10.1. The van der Waals surface area contributed by atoms with Crippen molar-refractivity contribution in [1.82, 2.24) is 4.90 Å². The van der Waals surface area contributed by atoms with E-state index in [1.807, 2.05) is 23.1 Å². The van der Waals surface area contributed by atoms with Crippen molar-refractivity contribution in [3.05, 3.63) is 64.7 Å². The molecule has 2 aromatic carbocycles. The van der Waals surface area contributed by atoms with E-state index >= 15 is 0 Å². The standard InChI is InChI=1S/C19H17ClN2O2/c20-16-5-2-6-18(12-16)24-17-7-9-22(10-8-17)19(23)15-4-1-3-14(11-15)13-21/h1-6,11-12,17H,7-10H2. The number of halogens is 1. The highest BCUT2D eigenvalue weighted by atomic mass is 35.5. The monoisotopic (exact) mass is 340 g/mol. The van der Waals surface area contributed by atoms with Crippen LogP contribution in [0.1, 0.15) is 28.8 Å². The first kappa shape index (κ1) is 16.4. The number of ether oxygens (including phenoxy) is 1. The second-order valence-corrected chi connectivity index (χ2v) is 6.20. The number of piperidine rings is 1. The smallest absolute Gasteiger partial charge is 0.253 e. The highest BCUT2D eigenvalue weighted by molar-refractivity contribution is 6.30. The van der Waals surface area contributed by atoms with Gasteiger partial charge in [0, 0.05) is 36.5 Å². The fourth-order valence-corrected chi connectivity index (χ4v) is 2.99. The number of nitrogens with zero attached hydrogens (tertiary/aromatic N) is 2. The molecule has 3 rings (SSSR count). The maximum absolute atomic E-state index is 12.5. The molecule has 0 N–H and O–H groups in total. The first-order valence-electron chi connectivity index (χ1n) is 7.87. The van der Waals surface area contributed by atoms with E-state index in [2.05, 4.69) is 6.07 Å². The number of carbonyl (C=O) groups is 1. The van der Waals surface area contributed by atoms with Crippen molar-refractivity contribution in [1.29, 1.82) is 5.26 Å². The molecule has 1 aliphatic heterocycles. The first-order valence-corrected chi connectivity index (χ1v) is 8.25. The van der Waals surface area contributed by atoms with Crippen LogP contribution in [0.3, 0.4) is 0 Å². The van der Waals surface area contributed by atoms with Crippen LogP contribution >= 0.6 is 11.6 Å². The molecule has 0 bridgehead atoms. The summed E-state index contributed by atoms with van der Waals surface area (Å²) in [5, 5.41) is 9.60. The summed E-state index contributed by atoms with van der Waals surface area (Å²) in [5.41, 5.74) is 1.06. The van der Waals surface area contributed by atoms with Crippen LogP contribution in [0.5, 0.6) is 5.75 Å². The zero-order valence-electron chi connectivity index (χ0n) is 13.1. The Balaban J connectivity index is 1.58. The fraction of sp³-hybridized carbons (Fsp3) is 0.263. The third-order valence-corrected chi connectivity index (χ3v) is 4.30. The summed E-state index contributed by atoms with van der Waals surface area (Å²) in [7, 11) is 0. The molecule has 0 spiro atoms. The van der Waals surface area contributed by atoms with Crippen LogP contribution in [0.4, 0.5) is 0 Å². The van der Waals surface area contributed by atoms with E-state index in [4.69, 9.17) is 21.6 Å². The van der Waals surface area contributed by atoms with Crippen molar-refractivity contribution >= 4 is 17.5 Å². The number of amides is 1. The maximum atomic E-state index is 12.5. The van der Waals surface area contributed by atoms with Crippen molar-refractivity contribution in [2.24, 2.45) is 0 Å². The first-order chi connectivity index (χ1) is 11.7. The Morgan fingerprint density at radius 1 is 1.17 bits per heavy atom. The maximum Gasteiger partial charge on any atom is 0.253 e. The molecular weight excluding hydrogens is 324 g/mol. The average Bonchev–Trinajstić information content (AvgIpc) is 2.62. The van der Waals surface area contributed by atoms with E-state index in [0.717, 1.165) is 18.6 Å².